The molecule has 0 saturated carbocycles. The molecule has 5 heteroatoms. The number of rotatable bonds is 6. The SMILES string of the molecule is CC(=O)N1CCC(N)(c2ccc(OCCCN3CCCC3)cc2)CC1. The molecular weight excluding hydrogens is 314 g/mol. The van der Waals surface area contributed by atoms with Gasteiger partial charge in [-0.25, -0.2) is 0 Å². The van der Waals surface area contributed by atoms with Crippen molar-refractivity contribution in [2.75, 3.05) is 39.3 Å². The summed E-state index contributed by atoms with van der Waals surface area (Å²) in [5.74, 6) is 1.05. The maximum Gasteiger partial charge on any atom is 0.219 e. The molecule has 2 fully saturated rings. The number of piperidine rings is 1. The number of hydrogen-bond acceptors (Lipinski definition) is 4. The van der Waals surface area contributed by atoms with Crippen molar-refractivity contribution in [3.05, 3.63) is 29.8 Å². The minimum absolute atomic E-state index is 0.139. The number of carbonyl (C=O) groups is 1. The fourth-order valence-electron chi connectivity index (χ4n) is 3.88. The van der Waals surface area contributed by atoms with Crippen molar-refractivity contribution < 1.29 is 9.53 Å². The lowest BCUT2D eigenvalue weighted by Gasteiger charge is -2.39. The van der Waals surface area contributed by atoms with E-state index >= 15 is 0 Å². The van der Waals surface area contributed by atoms with Gasteiger partial charge in [-0.05, 0) is 62.9 Å². The highest BCUT2D eigenvalue weighted by Gasteiger charge is 2.33. The van der Waals surface area contributed by atoms with Crippen LogP contribution in [0, 0.1) is 0 Å². The molecule has 5 nitrogen and oxygen atoms in total. The molecule has 25 heavy (non-hydrogen) atoms. The Bertz CT molecular complexity index is 559. The summed E-state index contributed by atoms with van der Waals surface area (Å²) < 4.78 is 5.87. The Morgan fingerprint density at radius 2 is 1.76 bits per heavy atom. The van der Waals surface area contributed by atoms with Crippen LogP contribution in [-0.4, -0.2) is 55.0 Å². The first kappa shape index (κ1) is 18.2. The third kappa shape index (κ3) is 4.73. The summed E-state index contributed by atoms with van der Waals surface area (Å²) in [5, 5.41) is 0. The maximum absolute atomic E-state index is 11.5. The van der Waals surface area contributed by atoms with Gasteiger partial charge in [-0.1, -0.05) is 12.1 Å². The molecule has 1 aromatic carbocycles. The van der Waals surface area contributed by atoms with E-state index in [1.54, 1.807) is 6.92 Å². The first-order chi connectivity index (χ1) is 12.1. The first-order valence-electron chi connectivity index (χ1n) is 9.57. The van der Waals surface area contributed by atoms with Crippen molar-refractivity contribution in [2.45, 2.75) is 44.6 Å². The monoisotopic (exact) mass is 345 g/mol. The van der Waals surface area contributed by atoms with Crippen LogP contribution >= 0.6 is 0 Å². The van der Waals surface area contributed by atoms with Gasteiger partial charge in [0.2, 0.25) is 5.91 Å². The van der Waals surface area contributed by atoms with Gasteiger partial charge in [0.05, 0.1) is 6.61 Å². The van der Waals surface area contributed by atoms with Gasteiger partial charge in [-0.2, -0.15) is 0 Å². The summed E-state index contributed by atoms with van der Waals surface area (Å²) in [6.45, 7) is 7.48. The normalized spacial score (nSPS) is 20.6. The summed E-state index contributed by atoms with van der Waals surface area (Å²) >= 11 is 0. The van der Waals surface area contributed by atoms with Crippen molar-refractivity contribution in [3.8, 4) is 5.75 Å². The second-order valence-corrected chi connectivity index (χ2v) is 7.44. The third-order valence-electron chi connectivity index (χ3n) is 5.62. The largest absolute Gasteiger partial charge is 0.494 e. The molecule has 2 N–H and O–H groups in total. The van der Waals surface area contributed by atoms with E-state index in [0.29, 0.717) is 0 Å². The summed E-state index contributed by atoms with van der Waals surface area (Å²) in [5.41, 5.74) is 7.41. The van der Waals surface area contributed by atoms with Crippen LogP contribution in [0.5, 0.6) is 5.75 Å². The highest BCUT2D eigenvalue weighted by molar-refractivity contribution is 5.73. The predicted octanol–water partition coefficient (Wildman–Crippen LogP) is 2.35. The number of nitrogens with two attached hydrogens (primary N) is 1. The molecule has 0 radical (unpaired) electrons. The van der Waals surface area contributed by atoms with E-state index in [-0.39, 0.29) is 11.4 Å². The van der Waals surface area contributed by atoms with Gasteiger partial charge in [0.25, 0.3) is 0 Å². The molecule has 1 amide bonds. The zero-order valence-electron chi connectivity index (χ0n) is 15.4. The molecule has 0 atom stereocenters. The summed E-state index contributed by atoms with van der Waals surface area (Å²) in [4.78, 5) is 15.9. The predicted molar refractivity (Wildman–Crippen MR) is 99.6 cm³/mol. The molecule has 0 unspecified atom stereocenters. The van der Waals surface area contributed by atoms with Crippen molar-refractivity contribution in [3.63, 3.8) is 0 Å². The van der Waals surface area contributed by atoms with Crippen LogP contribution in [0.15, 0.2) is 24.3 Å². The van der Waals surface area contributed by atoms with Crippen molar-refractivity contribution >= 4 is 5.91 Å². The lowest BCUT2D eigenvalue weighted by Crippen LogP contribution is -2.49. The van der Waals surface area contributed by atoms with Crippen LogP contribution in [0.2, 0.25) is 0 Å². The molecular formula is C20H31N3O2. The molecule has 3 rings (SSSR count). The van der Waals surface area contributed by atoms with Crippen molar-refractivity contribution in [1.82, 2.24) is 9.80 Å². The van der Waals surface area contributed by atoms with E-state index in [2.05, 4.69) is 17.0 Å². The molecule has 138 valence electrons. The second-order valence-electron chi connectivity index (χ2n) is 7.44. The van der Waals surface area contributed by atoms with Gasteiger partial charge in [-0.3, -0.25) is 4.79 Å². The standard InChI is InChI=1S/C20H31N3O2/c1-17(24)23-14-9-20(21,10-15-23)18-5-7-19(8-6-18)25-16-4-13-22-11-2-3-12-22/h5-8H,2-4,9-16,21H2,1H3. The van der Waals surface area contributed by atoms with Crippen LogP contribution in [0.1, 0.15) is 44.6 Å². The van der Waals surface area contributed by atoms with Gasteiger partial charge in [-0.15, -0.1) is 0 Å². The van der Waals surface area contributed by atoms with E-state index in [9.17, 15) is 4.79 Å². The second kappa shape index (κ2) is 8.19. The molecule has 0 spiro atoms. The summed E-state index contributed by atoms with van der Waals surface area (Å²) in [6, 6.07) is 8.22. The molecule has 2 aliphatic heterocycles. The number of hydrogen-bond donors (Lipinski definition) is 1. The first-order valence-corrected chi connectivity index (χ1v) is 9.57. The quantitative estimate of drug-likeness (QED) is 0.804. The molecule has 2 heterocycles. The molecule has 0 aliphatic carbocycles. The fourth-order valence-corrected chi connectivity index (χ4v) is 3.88. The Kier molecular flexibility index (Phi) is 5.97. The smallest absolute Gasteiger partial charge is 0.219 e. The average molecular weight is 345 g/mol. The van der Waals surface area contributed by atoms with E-state index in [0.717, 1.165) is 56.8 Å². The number of carbonyl (C=O) groups excluding carboxylic acids is 1. The molecule has 1 aromatic rings. The minimum atomic E-state index is -0.333. The van der Waals surface area contributed by atoms with Crippen LogP contribution in [0.4, 0.5) is 0 Å². The Hall–Kier alpha value is -1.59. The van der Waals surface area contributed by atoms with Crippen LogP contribution < -0.4 is 10.5 Å². The van der Waals surface area contributed by atoms with E-state index in [4.69, 9.17) is 10.5 Å². The zero-order valence-corrected chi connectivity index (χ0v) is 15.4. The van der Waals surface area contributed by atoms with Gasteiger partial charge in [0.1, 0.15) is 5.75 Å². The van der Waals surface area contributed by atoms with E-state index in [1.807, 2.05) is 17.0 Å². The Morgan fingerprint density at radius 3 is 2.36 bits per heavy atom. The summed E-state index contributed by atoms with van der Waals surface area (Å²) in [6.07, 6.45) is 5.37. The van der Waals surface area contributed by atoms with Crippen LogP contribution in [0.25, 0.3) is 0 Å². The van der Waals surface area contributed by atoms with E-state index < -0.39 is 0 Å². The Labute approximate surface area is 151 Å². The van der Waals surface area contributed by atoms with Gasteiger partial charge >= 0.3 is 0 Å². The number of amides is 1. The van der Waals surface area contributed by atoms with Crippen LogP contribution in [-0.2, 0) is 10.3 Å². The number of ether oxygens (including phenoxy) is 1. The van der Waals surface area contributed by atoms with Crippen molar-refractivity contribution in [1.29, 1.82) is 0 Å². The fraction of sp³-hybridized carbons (Fsp3) is 0.650. The Morgan fingerprint density at radius 1 is 1.12 bits per heavy atom. The number of likely N-dealkylation sites (tertiary alicyclic amines) is 2. The van der Waals surface area contributed by atoms with Crippen LogP contribution in [0.3, 0.4) is 0 Å². The molecule has 0 bridgehead atoms. The zero-order chi connectivity index (χ0) is 17.7. The molecule has 2 saturated heterocycles. The molecule has 2 aliphatic rings. The van der Waals surface area contributed by atoms with Gasteiger partial charge in [0, 0.05) is 32.1 Å². The Balaban J connectivity index is 1.45. The highest BCUT2D eigenvalue weighted by Crippen LogP contribution is 2.31. The number of benzene rings is 1. The topological polar surface area (TPSA) is 58.8 Å². The molecule has 0 aromatic heterocycles. The van der Waals surface area contributed by atoms with E-state index in [1.165, 1.54) is 25.9 Å². The summed E-state index contributed by atoms with van der Waals surface area (Å²) in [7, 11) is 0. The van der Waals surface area contributed by atoms with Crippen molar-refractivity contribution in [2.24, 2.45) is 5.73 Å². The highest BCUT2D eigenvalue weighted by atomic mass is 16.5. The third-order valence-corrected chi connectivity index (χ3v) is 5.62. The van der Waals surface area contributed by atoms with Gasteiger partial charge < -0.3 is 20.3 Å². The lowest BCUT2D eigenvalue weighted by atomic mass is 9.82. The number of nitrogens with zero attached hydrogens (tertiary/aromatic N) is 2. The van der Waals surface area contributed by atoms with Gasteiger partial charge in [0.15, 0.2) is 0 Å². The lowest BCUT2D eigenvalue weighted by molar-refractivity contribution is -0.130. The average Bonchev–Trinajstić information content (AvgIpc) is 3.13. The maximum atomic E-state index is 11.5. The minimum Gasteiger partial charge on any atom is -0.494 e.